The van der Waals surface area contributed by atoms with Crippen LogP contribution in [0.15, 0.2) is 0 Å². The van der Waals surface area contributed by atoms with Crippen molar-refractivity contribution in [2.75, 3.05) is 13.1 Å². The highest BCUT2D eigenvalue weighted by atomic mass is 16.2. The molecule has 0 atom stereocenters. The molecule has 0 bridgehead atoms. The maximum atomic E-state index is 12.0. The number of amides is 2. The van der Waals surface area contributed by atoms with Crippen LogP contribution in [-0.4, -0.2) is 46.4 Å². The number of nitrogens with one attached hydrogen (secondary N) is 2. The Bertz CT molecular complexity index is 366. The topological polar surface area (TPSA) is 61.4 Å². The molecule has 0 aliphatic carbocycles. The van der Waals surface area contributed by atoms with Gasteiger partial charge in [0.1, 0.15) is 0 Å². The quantitative estimate of drug-likeness (QED) is 0.788. The van der Waals surface area contributed by atoms with Crippen molar-refractivity contribution in [3.05, 3.63) is 0 Å². The summed E-state index contributed by atoms with van der Waals surface area (Å²) in [6, 6.07) is 0. The second-order valence-electron chi connectivity index (χ2n) is 9.25. The first-order chi connectivity index (χ1) is 10.1. The Hall–Kier alpha value is -1.10. The molecule has 0 radical (unpaired) electrons. The zero-order chi connectivity index (χ0) is 18.5. The van der Waals surface area contributed by atoms with Gasteiger partial charge < -0.3 is 10.6 Å². The lowest BCUT2D eigenvalue weighted by Crippen LogP contribution is -2.47. The smallest absolute Gasteiger partial charge is 0.221 e. The molecule has 2 N–H and O–H groups in total. The van der Waals surface area contributed by atoms with Crippen LogP contribution in [0, 0.1) is 0 Å². The predicted molar refractivity (Wildman–Crippen MR) is 96.4 cm³/mol. The van der Waals surface area contributed by atoms with Gasteiger partial charge in [-0.05, 0) is 62.3 Å². The molecule has 2 amide bonds. The summed E-state index contributed by atoms with van der Waals surface area (Å²) in [4.78, 5) is 26.2. The second-order valence-corrected chi connectivity index (χ2v) is 9.25. The van der Waals surface area contributed by atoms with Crippen LogP contribution < -0.4 is 10.6 Å². The molecule has 0 aliphatic rings. The third-order valence-electron chi connectivity index (χ3n) is 3.20. The molecule has 0 saturated carbocycles. The molecule has 23 heavy (non-hydrogen) atoms. The Balaban J connectivity index is 4.51. The number of rotatable bonds is 6. The van der Waals surface area contributed by atoms with Crippen molar-refractivity contribution in [2.24, 2.45) is 0 Å². The predicted octanol–water partition coefficient (Wildman–Crippen LogP) is 2.70. The van der Waals surface area contributed by atoms with Crippen LogP contribution in [0.5, 0.6) is 0 Å². The van der Waals surface area contributed by atoms with E-state index in [2.05, 4.69) is 36.3 Å². The van der Waals surface area contributed by atoms with E-state index in [-0.39, 0.29) is 28.4 Å². The molecule has 0 aliphatic heterocycles. The molecule has 0 unspecified atom stereocenters. The van der Waals surface area contributed by atoms with Gasteiger partial charge in [0, 0.05) is 42.5 Å². The minimum absolute atomic E-state index is 0.0471. The lowest BCUT2D eigenvalue weighted by atomic mass is 10.0. The van der Waals surface area contributed by atoms with E-state index in [0.717, 1.165) is 0 Å². The van der Waals surface area contributed by atoms with E-state index in [9.17, 15) is 9.59 Å². The molecule has 0 fully saturated rings. The highest BCUT2D eigenvalue weighted by molar-refractivity contribution is 5.77. The highest BCUT2D eigenvalue weighted by Gasteiger charge is 2.24. The molecule has 136 valence electrons. The number of nitrogens with zero attached hydrogens (tertiary/aromatic N) is 1. The summed E-state index contributed by atoms with van der Waals surface area (Å²) in [5.41, 5.74) is -0.503. The van der Waals surface area contributed by atoms with E-state index in [4.69, 9.17) is 0 Å². The molecule has 0 aromatic rings. The first kappa shape index (κ1) is 21.9. The molecule has 0 spiro atoms. The summed E-state index contributed by atoms with van der Waals surface area (Å²) in [7, 11) is 0. The van der Waals surface area contributed by atoms with E-state index in [0.29, 0.717) is 25.9 Å². The van der Waals surface area contributed by atoms with Gasteiger partial charge >= 0.3 is 0 Å². The Kier molecular flexibility index (Phi) is 7.74. The van der Waals surface area contributed by atoms with Gasteiger partial charge in [0.25, 0.3) is 0 Å². The number of carbonyl (C=O) groups is 2. The van der Waals surface area contributed by atoms with Gasteiger partial charge in [0.05, 0.1) is 0 Å². The molecule has 0 rings (SSSR count). The molecule has 0 aromatic heterocycles. The zero-order valence-corrected chi connectivity index (χ0v) is 16.6. The highest BCUT2D eigenvalue weighted by Crippen LogP contribution is 2.14. The third-order valence-corrected chi connectivity index (χ3v) is 3.20. The zero-order valence-electron chi connectivity index (χ0n) is 16.6. The van der Waals surface area contributed by atoms with E-state index in [1.807, 2.05) is 41.5 Å². The average Bonchev–Trinajstić information content (AvgIpc) is 2.21. The van der Waals surface area contributed by atoms with Crippen LogP contribution in [0.4, 0.5) is 0 Å². The summed E-state index contributed by atoms with van der Waals surface area (Å²) >= 11 is 0. The number of hydrogen-bond donors (Lipinski definition) is 2. The first-order valence-corrected chi connectivity index (χ1v) is 8.47. The van der Waals surface area contributed by atoms with Gasteiger partial charge in [-0.25, -0.2) is 0 Å². The van der Waals surface area contributed by atoms with Gasteiger partial charge in [-0.15, -0.1) is 0 Å². The molecule has 0 heterocycles. The number of carbonyl (C=O) groups excluding carboxylic acids is 2. The second kappa shape index (κ2) is 8.13. The van der Waals surface area contributed by atoms with Crippen molar-refractivity contribution >= 4 is 11.8 Å². The minimum atomic E-state index is -0.212. The van der Waals surface area contributed by atoms with E-state index < -0.39 is 0 Å². The van der Waals surface area contributed by atoms with Gasteiger partial charge in [0.2, 0.25) is 11.8 Å². The van der Waals surface area contributed by atoms with Crippen molar-refractivity contribution in [2.45, 2.75) is 91.8 Å². The van der Waals surface area contributed by atoms with E-state index in [1.54, 1.807) is 0 Å². The lowest BCUT2D eigenvalue weighted by molar-refractivity contribution is -0.123. The monoisotopic (exact) mass is 327 g/mol. The van der Waals surface area contributed by atoms with Crippen molar-refractivity contribution in [1.82, 2.24) is 15.5 Å². The fraction of sp³-hybridized carbons (Fsp3) is 0.889. The van der Waals surface area contributed by atoms with Gasteiger partial charge in [-0.3, -0.25) is 14.5 Å². The van der Waals surface area contributed by atoms with Crippen molar-refractivity contribution in [1.29, 1.82) is 0 Å². The lowest BCUT2D eigenvalue weighted by Gasteiger charge is -2.36. The van der Waals surface area contributed by atoms with Gasteiger partial charge in [-0.2, -0.15) is 0 Å². The Morgan fingerprint density at radius 2 is 1.00 bits per heavy atom. The van der Waals surface area contributed by atoms with Crippen LogP contribution in [0.1, 0.15) is 75.2 Å². The van der Waals surface area contributed by atoms with Crippen molar-refractivity contribution in [3.8, 4) is 0 Å². The molecule has 5 heteroatoms. The minimum Gasteiger partial charge on any atom is -0.351 e. The number of hydrogen-bond acceptors (Lipinski definition) is 3. The Morgan fingerprint density at radius 1 is 0.696 bits per heavy atom. The fourth-order valence-corrected chi connectivity index (χ4v) is 2.22. The largest absolute Gasteiger partial charge is 0.351 e. The summed E-state index contributed by atoms with van der Waals surface area (Å²) in [5, 5.41) is 5.95. The molecular weight excluding hydrogens is 290 g/mol. The van der Waals surface area contributed by atoms with Crippen molar-refractivity contribution in [3.63, 3.8) is 0 Å². The van der Waals surface area contributed by atoms with Crippen LogP contribution >= 0.6 is 0 Å². The molecule has 0 saturated heterocycles. The van der Waals surface area contributed by atoms with Gasteiger partial charge in [0.15, 0.2) is 0 Å². The Labute approximate surface area is 142 Å². The SMILES string of the molecule is CC(C)(C)NC(=O)CCN(CCC(=O)NC(C)(C)C)C(C)(C)C. The standard InChI is InChI=1S/C18H37N3O2/c1-16(2,3)19-14(22)10-12-21(18(7,8)9)13-11-15(23)20-17(4,5)6/h10-13H2,1-9H3,(H,19,22)(H,20,23). The third kappa shape index (κ3) is 12.0. The summed E-state index contributed by atoms with van der Waals surface area (Å²) in [5.74, 6) is 0.0942. The average molecular weight is 328 g/mol. The van der Waals surface area contributed by atoms with Crippen molar-refractivity contribution < 1.29 is 9.59 Å². The summed E-state index contributed by atoms with van der Waals surface area (Å²) in [6.07, 6.45) is 0.880. The fourth-order valence-electron chi connectivity index (χ4n) is 2.22. The molecular formula is C18H37N3O2. The Morgan fingerprint density at radius 3 is 1.22 bits per heavy atom. The molecule has 5 nitrogen and oxygen atoms in total. The van der Waals surface area contributed by atoms with E-state index in [1.165, 1.54) is 0 Å². The normalized spacial score (nSPS) is 13.1. The summed E-state index contributed by atoms with van der Waals surface area (Å²) < 4.78 is 0. The van der Waals surface area contributed by atoms with Crippen LogP contribution in [0.2, 0.25) is 0 Å². The maximum absolute atomic E-state index is 12.0. The summed E-state index contributed by atoms with van der Waals surface area (Å²) in [6.45, 7) is 19.5. The maximum Gasteiger partial charge on any atom is 0.221 e. The molecule has 0 aromatic carbocycles. The first-order valence-electron chi connectivity index (χ1n) is 8.47. The van der Waals surface area contributed by atoms with Crippen LogP contribution in [0.3, 0.4) is 0 Å². The van der Waals surface area contributed by atoms with Crippen LogP contribution in [-0.2, 0) is 9.59 Å². The van der Waals surface area contributed by atoms with Gasteiger partial charge in [-0.1, -0.05) is 0 Å². The van der Waals surface area contributed by atoms with E-state index >= 15 is 0 Å². The van der Waals surface area contributed by atoms with Crippen LogP contribution in [0.25, 0.3) is 0 Å².